The Kier molecular flexibility index (Phi) is 5.26. The number of ether oxygens (including phenoxy) is 2. The summed E-state index contributed by atoms with van der Waals surface area (Å²) >= 11 is 0. The lowest BCUT2D eigenvalue weighted by molar-refractivity contribution is 0.0197. The first-order valence-electron chi connectivity index (χ1n) is 7.27. The summed E-state index contributed by atoms with van der Waals surface area (Å²) in [7, 11) is 5.89. The van der Waals surface area contributed by atoms with Gasteiger partial charge in [0.1, 0.15) is 5.75 Å². The molecule has 1 aliphatic rings. The van der Waals surface area contributed by atoms with Crippen molar-refractivity contribution in [3.8, 4) is 5.75 Å². The lowest BCUT2D eigenvalue weighted by Crippen LogP contribution is -2.46. The van der Waals surface area contributed by atoms with Gasteiger partial charge in [0, 0.05) is 50.5 Å². The first-order valence-corrected chi connectivity index (χ1v) is 7.27. The smallest absolute Gasteiger partial charge is 0.120 e. The molecular formula is C16H26N2O2. The zero-order chi connectivity index (χ0) is 14.4. The van der Waals surface area contributed by atoms with Crippen LogP contribution >= 0.6 is 0 Å². The molecule has 1 N–H and O–H groups in total. The average Bonchev–Trinajstić information content (AvgIpc) is 2.48. The van der Waals surface area contributed by atoms with Crippen LogP contribution in [0, 0.1) is 5.41 Å². The fourth-order valence-corrected chi connectivity index (χ4v) is 3.01. The van der Waals surface area contributed by atoms with Crippen LogP contribution in [0.3, 0.4) is 0 Å². The van der Waals surface area contributed by atoms with E-state index in [1.165, 1.54) is 5.69 Å². The van der Waals surface area contributed by atoms with Crippen molar-refractivity contribution in [2.75, 3.05) is 52.4 Å². The fourth-order valence-electron chi connectivity index (χ4n) is 3.01. The Morgan fingerprint density at radius 1 is 1.35 bits per heavy atom. The number of anilines is 1. The third kappa shape index (κ3) is 3.64. The van der Waals surface area contributed by atoms with Gasteiger partial charge in [0.2, 0.25) is 0 Å². The summed E-state index contributed by atoms with van der Waals surface area (Å²) in [5, 5.41) is 3.35. The third-order valence-electron chi connectivity index (χ3n) is 4.17. The Hall–Kier alpha value is -1.26. The van der Waals surface area contributed by atoms with E-state index in [0.717, 1.165) is 44.9 Å². The maximum atomic E-state index is 5.53. The molecule has 20 heavy (non-hydrogen) atoms. The van der Waals surface area contributed by atoms with Gasteiger partial charge in [0.05, 0.1) is 7.11 Å². The van der Waals surface area contributed by atoms with Crippen molar-refractivity contribution in [2.24, 2.45) is 5.41 Å². The second-order valence-corrected chi connectivity index (χ2v) is 5.70. The van der Waals surface area contributed by atoms with Gasteiger partial charge < -0.3 is 19.7 Å². The monoisotopic (exact) mass is 278 g/mol. The van der Waals surface area contributed by atoms with E-state index in [-0.39, 0.29) is 0 Å². The maximum absolute atomic E-state index is 5.53. The Balaban J connectivity index is 2.08. The van der Waals surface area contributed by atoms with Crippen molar-refractivity contribution >= 4 is 5.69 Å². The van der Waals surface area contributed by atoms with Gasteiger partial charge >= 0.3 is 0 Å². The summed E-state index contributed by atoms with van der Waals surface area (Å²) in [6.07, 6.45) is 2.23. The van der Waals surface area contributed by atoms with Gasteiger partial charge in [-0.2, -0.15) is 0 Å². The van der Waals surface area contributed by atoms with Crippen molar-refractivity contribution in [1.29, 1.82) is 0 Å². The molecule has 1 saturated heterocycles. The van der Waals surface area contributed by atoms with Gasteiger partial charge in [0.15, 0.2) is 0 Å². The third-order valence-corrected chi connectivity index (χ3v) is 4.17. The quantitative estimate of drug-likeness (QED) is 0.864. The van der Waals surface area contributed by atoms with Crippen LogP contribution in [0.2, 0.25) is 0 Å². The van der Waals surface area contributed by atoms with Crippen LogP contribution in [0.1, 0.15) is 12.8 Å². The average molecular weight is 278 g/mol. The SMILES string of the molecule is CNCC1(CN(C)c2cccc(OC)c2)CCOCC1. The molecule has 1 fully saturated rings. The van der Waals surface area contributed by atoms with Crippen LogP contribution in [-0.2, 0) is 4.74 Å². The predicted octanol–water partition coefficient (Wildman–Crippen LogP) is 2.15. The molecule has 1 heterocycles. The minimum atomic E-state index is 0.296. The van der Waals surface area contributed by atoms with Gasteiger partial charge in [-0.15, -0.1) is 0 Å². The number of benzene rings is 1. The highest BCUT2D eigenvalue weighted by Gasteiger charge is 2.33. The van der Waals surface area contributed by atoms with Crippen LogP contribution in [0.15, 0.2) is 24.3 Å². The molecule has 0 radical (unpaired) electrons. The number of rotatable bonds is 6. The predicted molar refractivity (Wildman–Crippen MR) is 82.7 cm³/mol. The number of hydrogen-bond acceptors (Lipinski definition) is 4. The van der Waals surface area contributed by atoms with Gasteiger partial charge in [-0.25, -0.2) is 0 Å². The number of hydrogen-bond donors (Lipinski definition) is 1. The molecular weight excluding hydrogens is 252 g/mol. The van der Waals surface area contributed by atoms with Crippen molar-refractivity contribution in [3.63, 3.8) is 0 Å². The lowest BCUT2D eigenvalue weighted by atomic mass is 9.79. The van der Waals surface area contributed by atoms with E-state index in [0.29, 0.717) is 5.41 Å². The number of methoxy groups -OCH3 is 1. The topological polar surface area (TPSA) is 33.7 Å². The molecule has 2 rings (SSSR count). The van der Waals surface area contributed by atoms with Crippen LogP contribution in [0.5, 0.6) is 5.75 Å². The second kappa shape index (κ2) is 6.95. The van der Waals surface area contributed by atoms with Crippen LogP contribution in [-0.4, -0.2) is 47.5 Å². The van der Waals surface area contributed by atoms with Crippen molar-refractivity contribution in [3.05, 3.63) is 24.3 Å². The first kappa shape index (κ1) is 15.1. The van der Waals surface area contributed by atoms with Gasteiger partial charge in [-0.05, 0) is 32.0 Å². The van der Waals surface area contributed by atoms with Crippen molar-refractivity contribution in [1.82, 2.24) is 5.32 Å². The molecule has 0 unspecified atom stereocenters. The summed E-state index contributed by atoms with van der Waals surface area (Å²) in [4.78, 5) is 2.32. The Morgan fingerprint density at radius 3 is 2.75 bits per heavy atom. The highest BCUT2D eigenvalue weighted by molar-refractivity contribution is 5.50. The van der Waals surface area contributed by atoms with E-state index in [4.69, 9.17) is 9.47 Å². The van der Waals surface area contributed by atoms with Crippen molar-refractivity contribution in [2.45, 2.75) is 12.8 Å². The molecule has 0 atom stereocenters. The molecule has 0 bridgehead atoms. The minimum Gasteiger partial charge on any atom is -0.497 e. The molecule has 1 aromatic carbocycles. The van der Waals surface area contributed by atoms with Gasteiger partial charge in [-0.1, -0.05) is 6.07 Å². The Bertz CT molecular complexity index is 411. The van der Waals surface area contributed by atoms with Crippen LogP contribution in [0.25, 0.3) is 0 Å². The molecule has 0 aliphatic carbocycles. The van der Waals surface area contributed by atoms with E-state index in [9.17, 15) is 0 Å². The molecule has 0 saturated carbocycles. The normalized spacial score (nSPS) is 17.8. The van der Waals surface area contributed by atoms with Crippen molar-refractivity contribution < 1.29 is 9.47 Å². The fraction of sp³-hybridized carbons (Fsp3) is 0.625. The van der Waals surface area contributed by atoms with E-state index >= 15 is 0 Å². The highest BCUT2D eigenvalue weighted by Crippen LogP contribution is 2.32. The van der Waals surface area contributed by atoms with Crippen LogP contribution in [0.4, 0.5) is 5.69 Å². The van der Waals surface area contributed by atoms with E-state index in [1.807, 2.05) is 19.2 Å². The van der Waals surface area contributed by atoms with Crippen LogP contribution < -0.4 is 15.0 Å². The number of nitrogens with zero attached hydrogens (tertiary/aromatic N) is 1. The summed E-state index contributed by atoms with van der Waals surface area (Å²) in [6.45, 7) is 3.80. The van der Waals surface area contributed by atoms with Gasteiger partial charge in [0.25, 0.3) is 0 Å². The molecule has 0 aromatic heterocycles. The molecule has 0 spiro atoms. The molecule has 4 heteroatoms. The summed E-state index contributed by atoms with van der Waals surface area (Å²) in [5.74, 6) is 0.906. The Labute approximate surface area is 122 Å². The summed E-state index contributed by atoms with van der Waals surface area (Å²) in [6, 6.07) is 8.25. The van der Waals surface area contributed by atoms with E-state index in [2.05, 4.69) is 29.4 Å². The zero-order valence-corrected chi connectivity index (χ0v) is 12.8. The summed E-state index contributed by atoms with van der Waals surface area (Å²) in [5.41, 5.74) is 1.50. The first-order chi connectivity index (χ1) is 9.69. The Morgan fingerprint density at radius 2 is 2.10 bits per heavy atom. The minimum absolute atomic E-state index is 0.296. The number of nitrogens with one attached hydrogen (secondary N) is 1. The molecule has 1 aliphatic heterocycles. The highest BCUT2D eigenvalue weighted by atomic mass is 16.5. The largest absolute Gasteiger partial charge is 0.497 e. The molecule has 0 amide bonds. The van der Waals surface area contributed by atoms with E-state index in [1.54, 1.807) is 7.11 Å². The lowest BCUT2D eigenvalue weighted by Gasteiger charge is -2.40. The molecule has 112 valence electrons. The maximum Gasteiger partial charge on any atom is 0.120 e. The zero-order valence-electron chi connectivity index (χ0n) is 12.8. The second-order valence-electron chi connectivity index (χ2n) is 5.70. The van der Waals surface area contributed by atoms with E-state index < -0.39 is 0 Å². The molecule has 1 aromatic rings. The molecule has 4 nitrogen and oxygen atoms in total. The summed E-state index contributed by atoms with van der Waals surface area (Å²) < 4.78 is 10.8. The standard InChI is InChI=1S/C16H26N2O2/c1-17-12-16(7-9-20-10-8-16)13-18(2)14-5-4-6-15(11-14)19-3/h4-6,11,17H,7-10,12-13H2,1-3H3. The van der Waals surface area contributed by atoms with Gasteiger partial charge in [-0.3, -0.25) is 0 Å².